The first kappa shape index (κ1) is 23.2. The molecule has 0 saturated carbocycles. The van der Waals surface area contributed by atoms with Crippen molar-refractivity contribution >= 4 is 25.4 Å². The molecule has 0 radical (unpaired) electrons. The van der Waals surface area contributed by atoms with Crippen LogP contribution in [0.1, 0.15) is 16.8 Å². The van der Waals surface area contributed by atoms with E-state index < -0.39 is 14.6 Å². The van der Waals surface area contributed by atoms with Crippen LogP contribution in [0.2, 0.25) is 0 Å². The molecule has 3 aromatic heterocycles. The van der Waals surface area contributed by atoms with Crippen LogP contribution in [-0.4, -0.2) is 19.9 Å². The molecule has 0 unspecified atom stereocenters. The molecule has 1 aromatic carbocycles. The summed E-state index contributed by atoms with van der Waals surface area (Å²) >= 11 is 1.68. The second-order valence-corrected chi connectivity index (χ2v) is 9.40. The third-order valence-electron chi connectivity index (χ3n) is 4.72. The maximum Gasteiger partial charge on any atom is 0.472 e. The van der Waals surface area contributed by atoms with Gasteiger partial charge < -0.3 is 14.3 Å². The van der Waals surface area contributed by atoms with E-state index in [-0.39, 0.29) is 5.82 Å². The van der Waals surface area contributed by atoms with Gasteiger partial charge in [0, 0.05) is 24.4 Å². The molecular formula is C22H22N4O5PS+. The SMILES string of the molecule is Nc1c(-c2cc(Cc3ccc(SCc4ccccc4)nc3)no2)ccc[n+]1COP(=O)(O)O. The van der Waals surface area contributed by atoms with Crippen LogP contribution >= 0.6 is 19.6 Å². The zero-order valence-corrected chi connectivity index (χ0v) is 19.2. The van der Waals surface area contributed by atoms with E-state index in [9.17, 15) is 4.57 Å². The number of hydrogen-bond donors (Lipinski definition) is 3. The minimum Gasteiger partial charge on any atom is -0.356 e. The van der Waals surface area contributed by atoms with Gasteiger partial charge in [-0.2, -0.15) is 0 Å². The summed E-state index contributed by atoms with van der Waals surface area (Å²) in [7, 11) is -4.62. The number of pyridine rings is 2. The van der Waals surface area contributed by atoms with E-state index >= 15 is 0 Å². The zero-order chi connectivity index (χ0) is 23.3. The van der Waals surface area contributed by atoms with Crippen LogP contribution < -0.4 is 10.3 Å². The number of thioether (sulfide) groups is 1. The van der Waals surface area contributed by atoms with Gasteiger partial charge >= 0.3 is 7.82 Å². The summed E-state index contributed by atoms with van der Waals surface area (Å²) in [4.78, 5) is 22.3. The molecule has 0 spiro atoms. The van der Waals surface area contributed by atoms with E-state index in [1.807, 2.05) is 36.5 Å². The monoisotopic (exact) mass is 485 g/mol. The molecule has 4 N–H and O–H groups in total. The van der Waals surface area contributed by atoms with Gasteiger partial charge in [0.1, 0.15) is 5.56 Å². The Bertz CT molecular complexity index is 1260. The lowest BCUT2D eigenvalue weighted by atomic mass is 10.1. The highest BCUT2D eigenvalue weighted by atomic mass is 32.2. The number of hydrogen-bond acceptors (Lipinski definition) is 7. The molecule has 9 nitrogen and oxygen atoms in total. The van der Waals surface area contributed by atoms with Crippen LogP contribution in [0.15, 0.2) is 82.6 Å². The average molecular weight is 485 g/mol. The number of nitrogens with zero attached hydrogens (tertiary/aromatic N) is 3. The number of nitrogens with two attached hydrogens (primary N) is 1. The van der Waals surface area contributed by atoms with Gasteiger partial charge in [0.2, 0.25) is 6.73 Å². The quantitative estimate of drug-likeness (QED) is 0.185. The maximum absolute atomic E-state index is 11.0. The third-order valence-corrected chi connectivity index (χ3v) is 6.18. The summed E-state index contributed by atoms with van der Waals surface area (Å²) in [6, 6.07) is 19.4. The smallest absolute Gasteiger partial charge is 0.356 e. The van der Waals surface area contributed by atoms with E-state index in [0.29, 0.717) is 23.4 Å². The minimum atomic E-state index is -4.62. The molecule has 33 heavy (non-hydrogen) atoms. The second-order valence-electron chi connectivity index (χ2n) is 7.16. The lowest BCUT2D eigenvalue weighted by Crippen LogP contribution is -2.38. The van der Waals surface area contributed by atoms with Gasteiger partial charge in [0.15, 0.2) is 5.76 Å². The van der Waals surface area contributed by atoms with Crippen molar-refractivity contribution in [2.24, 2.45) is 0 Å². The highest BCUT2D eigenvalue weighted by molar-refractivity contribution is 7.98. The Balaban J connectivity index is 1.40. The lowest BCUT2D eigenvalue weighted by molar-refractivity contribution is -0.711. The Morgan fingerprint density at radius 1 is 1.09 bits per heavy atom. The summed E-state index contributed by atoms with van der Waals surface area (Å²) in [6.45, 7) is -0.398. The van der Waals surface area contributed by atoms with Gasteiger partial charge in [-0.3, -0.25) is 5.73 Å². The lowest BCUT2D eigenvalue weighted by Gasteiger charge is -2.07. The fraction of sp³-hybridized carbons (Fsp3) is 0.136. The van der Waals surface area contributed by atoms with Gasteiger partial charge in [-0.15, -0.1) is 11.8 Å². The Labute approximate surface area is 194 Å². The van der Waals surface area contributed by atoms with Gasteiger partial charge in [-0.25, -0.2) is 18.6 Å². The summed E-state index contributed by atoms with van der Waals surface area (Å²) in [5.74, 6) is 1.53. The van der Waals surface area contributed by atoms with E-state index in [2.05, 4.69) is 26.8 Å². The molecule has 0 aliphatic carbocycles. The summed E-state index contributed by atoms with van der Waals surface area (Å²) < 4.78 is 22.3. The van der Waals surface area contributed by atoms with Gasteiger partial charge in [0.25, 0.3) is 5.82 Å². The van der Waals surface area contributed by atoms with Crippen molar-refractivity contribution in [2.75, 3.05) is 5.73 Å². The van der Waals surface area contributed by atoms with Crippen LogP contribution in [0, 0.1) is 0 Å². The number of anilines is 1. The minimum absolute atomic E-state index is 0.232. The number of rotatable bonds is 9. The van der Waals surface area contributed by atoms with Crippen molar-refractivity contribution in [1.82, 2.24) is 10.1 Å². The Morgan fingerprint density at radius 3 is 2.64 bits per heavy atom. The van der Waals surface area contributed by atoms with Crippen LogP contribution in [-0.2, 0) is 28.0 Å². The molecule has 0 amide bonds. The van der Waals surface area contributed by atoms with E-state index in [4.69, 9.17) is 20.0 Å². The van der Waals surface area contributed by atoms with Crippen LogP contribution in [0.5, 0.6) is 0 Å². The molecule has 0 aliphatic rings. The maximum atomic E-state index is 11.0. The number of benzene rings is 1. The topological polar surface area (TPSA) is 136 Å². The van der Waals surface area contributed by atoms with E-state index in [0.717, 1.165) is 16.3 Å². The van der Waals surface area contributed by atoms with Crippen molar-refractivity contribution in [3.05, 3.63) is 89.9 Å². The van der Waals surface area contributed by atoms with E-state index in [1.165, 1.54) is 10.1 Å². The highest BCUT2D eigenvalue weighted by Crippen LogP contribution is 2.35. The average Bonchev–Trinajstić information content (AvgIpc) is 3.26. The predicted octanol–water partition coefficient (Wildman–Crippen LogP) is 3.56. The van der Waals surface area contributed by atoms with Crippen molar-refractivity contribution in [3.8, 4) is 11.3 Å². The molecule has 170 valence electrons. The number of phosphoric acid groups is 1. The van der Waals surface area contributed by atoms with Crippen LogP contribution in [0.25, 0.3) is 11.3 Å². The van der Waals surface area contributed by atoms with Crippen LogP contribution in [0.4, 0.5) is 5.82 Å². The molecule has 11 heteroatoms. The normalized spacial score (nSPS) is 11.6. The van der Waals surface area contributed by atoms with Crippen LogP contribution in [0.3, 0.4) is 0 Å². The number of phosphoric ester groups is 1. The Kier molecular flexibility index (Phi) is 7.22. The van der Waals surface area contributed by atoms with E-state index in [1.54, 1.807) is 36.2 Å². The second kappa shape index (κ2) is 10.3. The first-order chi connectivity index (χ1) is 15.9. The molecule has 3 heterocycles. The molecule has 0 bridgehead atoms. The molecule has 4 rings (SSSR count). The van der Waals surface area contributed by atoms with Gasteiger partial charge in [-0.05, 0) is 29.3 Å². The first-order valence-electron chi connectivity index (χ1n) is 9.93. The highest BCUT2D eigenvalue weighted by Gasteiger charge is 2.20. The number of aromatic nitrogens is 3. The van der Waals surface area contributed by atoms with Gasteiger partial charge in [-0.1, -0.05) is 41.6 Å². The summed E-state index contributed by atoms with van der Waals surface area (Å²) in [5, 5.41) is 5.06. The molecule has 0 fully saturated rings. The fourth-order valence-corrected chi connectivity index (χ4v) is 4.16. The van der Waals surface area contributed by atoms with Crippen molar-refractivity contribution < 1.29 is 28.0 Å². The molecule has 4 aromatic rings. The molecule has 0 saturated heterocycles. The largest absolute Gasteiger partial charge is 0.472 e. The predicted molar refractivity (Wildman–Crippen MR) is 123 cm³/mol. The third kappa shape index (κ3) is 6.50. The van der Waals surface area contributed by atoms with Crippen molar-refractivity contribution in [2.45, 2.75) is 23.9 Å². The summed E-state index contributed by atoms with van der Waals surface area (Å²) in [5.41, 5.74) is 9.61. The zero-order valence-electron chi connectivity index (χ0n) is 17.4. The fourth-order valence-electron chi connectivity index (χ4n) is 3.09. The van der Waals surface area contributed by atoms with Gasteiger partial charge in [0.05, 0.1) is 16.9 Å². The standard InChI is InChI=1S/C22H21N4O5PS/c23-22-19(7-4-10-26(22)15-30-32(27,28)29)20-12-18(25-31-20)11-17-8-9-21(24-13-17)33-14-16-5-2-1-3-6-16/h1-10,12-13,23H,11,14-15H2,(H2,27,28,29)/p+1. The summed E-state index contributed by atoms with van der Waals surface area (Å²) in [6.07, 6.45) is 3.91. The van der Waals surface area contributed by atoms with Crippen molar-refractivity contribution in [1.29, 1.82) is 0 Å². The van der Waals surface area contributed by atoms with Crippen molar-refractivity contribution in [3.63, 3.8) is 0 Å². The first-order valence-corrected chi connectivity index (χ1v) is 12.4. The Morgan fingerprint density at radius 2 is 1.91 bits per heavy atom. The number of nitrogen functional groups attached to an aromatic ring is 1. The molecular weight excluding hydrogens is 463 g/mol. The Hall–Kier alpha value is -3.01. The molecule has 0 aliphatic heterocycles. The molecule has 0 atom stereocenters.